The maximum atomic E-state index is 10.6. The predicted molar refractivity (Wildman–Crippen MR) is 67.1 cm³/mol. The molecule has 2 rings (SSSR count). The SMILES string of the molecule is CC1CN(C2CCCC2)CC(CCC(=O)O)N1. The first-order valence-electron chi connectivity index (χ1n) is 6.87. The van der Waals surface area contributed by atoms with Crippen LogP contribution in [0.25, 0.3) is 0 Å². The van der Waals surface area contributed by atoms with Crippen molar-refractivity contribution >= 4 is 5.97 Å². The first-order valence-corrected chi connectivity index (χ1v) is 6.87. The molecular weight excluding hydrogens is 216 g/mol. The number of hydrogen-bond donors (Lipinski definition) is 2. The zero-order valence-electron chi connectivity index (χ0n) is 10.7. The summed E-state index contributed by atoms with van der Waals surface area (Å²) in [6.45, 7) is 4.35. The molecule has 4 heteroatoms. The average Bonchev–Trinajstić information content (AvgIpc) is 2.79. The molecule has 1 aliphatic heterocycles. The largest absolute Gasteiger partial charge is 0.481 e. The number of aliphatic carboxylic acids is 1. The fourth-order valence-corrected chi connectivity index (χ4v) is 3.26. The van der Waals surface area contributed by atoms with Gasteiger partial charge < -0.3 is 10.4 Å². The van der Waals surface area contributed by atoms with Crippen LogP contribution in [0.1, 0.15) is 45.4 Å². The number of carboxylic acids is 1. The minimum absolute atomic E-state index is 0.281. The predicted octanol–water partition coefficient (Wildman–Crippen LogP) is 1.46. The topological polar surface area (TPSA) is 52.6 Å². The summed E-state index contributed by atoms with van der Waals surface area (Å²) in [6.07, 6.45) is 6.42. The molecule has 0 radical (unpaired) electrons. The number of nitrogens with zero attached hydrogens (tertiary/aromatic N) is 1. The van der Waals surface area contributed by atoms with E-state index in [4.69, 9.17) is 5.11 Å². The highest BCUT2D eigenvalue weighted by molar-refractivity contribution is 5.66. The molecule has 0 spiro atoms. The second-order valence-corrected chi connectivity index (χ2v) is 5.59. The lowest BCUT2D eigenvalue weighted by Crippen LogP contribution is -2.57. The normalized spacial score (nSPS) is 31.8. The highest BCUT2D eigenvalue weighted by Crippen LogP contribution is 2.25. The van der Waals surface area contributed by atoms with E-state index in [1.54, 1.807) is 0 Å². The van der Waals surface area contributed by atoms with Gasteiger partial charge in [-0.15, -0.1) is 0 Å². The molecule has 1 saturated carbocycles. The highest BCUT2D eigenvalue weighted by Gasteiger charge is 2.30. The number of rotatable bonds is 4. The van der Waals surface area contributed by atoms with Crippen molar-refractivity contribution in [1.82, 2.24) is 10.2 Å². The van der Waals surface area contributed by atoms with Crippen LogP contribution in [0.4, 0.5) is 0 Å². The zero-order valence-corrected chi connectivity index (χ0v) is 10.7. The minimum Gasteiger partial charge on any atom is -0.481 e. The van der Waals surface area contributed by atoms with Crippen molar-refractivity contribution in [2.45, 2.75) is 63.6 Å². The van der Waals surface area contributed by atoms with Crippen LogP contribution in [0.5, 0.6) is 0 Å². The van der Waals surface area contributed by atoms with E-state index in [9.17, 15) is 4.79 Å². The Morgan fingerprint density at radius 2 is 2.06 bits per heavy atom. The van der Waals surface area contributed by atoms with E-state index in [-0.39, 0.29) is 6.42 Å². The Morgan fingerprint density at radius 3 is 2.71 bits per heavy atom. The standard InChI is InChI=1S/C13H24N2O2/c1-10-8-15(12-4-2-3-5-12)9-11(14-10)6-7-13(16)17/h10-12,14H,2-9H2,1H3,(H,16,17). The summed E-state index contributed by atoms with van der Waals surface area (Å²) in [4.78, 5) is 13.2. The van der Waals surface area contributed by atoms with Gasteiger partial charge in [0.15, 0.2) is 0 Å². The Bertz CT molecular complexity index is 264. The van der Waals surface area contributed by atoms with Crippen molar-refractivity contribution in [1.29, 1.82) is 0 Å². The van der Waals surface area contributed by atoms with Crippen LogP contribution in [0, 0.1) is 0 Å². The number of piperazine rings is 1. The van der Waals surface area contributed by atoms with E-state index in [2.05, 4.69) is 17.1 Å². The molecule has 98 valence electrons. The molecule has 1 saturated heterocycles. The van der Waals surface area contributed by atoms with Gasteiger partial charge in [0, 0.05) is 37.6 Å². The van der Waals surface area contributed by atoms with E-state index in [1.807, 2.05) is 0 Å². The molecule has 2 atom stereocenters. The Labute approximate surface area is 103 Å². The van der Waals surface area contributed by atoms with Crippen LogP contribution in [-0.4, -0.2) is 47.2 Å². The Morgan fingerprint density at radius 1 is 1.35 bits per heavy atom. The zero-order chi connectivity index (χ0) is 12.3. The van der Waals surface area contributed by atoms with E-state index >= 15 is 0 Å². The Kier molecular flexibility index (Phi) is 4.40. The van der Waals surface area contributed by atoms with Crippen LogP contribution in [0.15, 0.2) is 0 Å². The molecule has 1 aliphatic carbocycles. The lowest BCUT2D eigenvalue weighted by Gasteiger charge is -2.40. The molecular formula is C13H24N2O2. The number of carbonyl (C=O) groups is 1. The maximum Gasteiger partial charge on any atom is 0.303 e. The third-order valence-corrected chi connectivity index (χ3v) is 4.03. The molecule has 0 aromatic carbocycles. The quantitative estimate of drug-likeness (QED) is 0.781. The summed E-state index contributed by atoms with van der Waals surface area (Å²) in [5, 5.41) is 12.3. The van der Waals surface area contributed by atoms with Gasteiger partial charge in [0.25, 0.3) is 0 Å². The Balaban J connectivity index is 1.84. The second kappa shape index (κ2) is 5.83. The molecule has 17 heavy (non-hydrogen) atoms. The summed E-state index contributed by atoms with van der Waals surface area (Å²) < 4.78 is 0. The van der Waals surface area contributed by atoms with Crippen molar-refractivity contribution < 1.29 is 9.90 Å². The third kappa shape index (κ3) is 3.68. The van der Waals surface area contributed by atoms with Gasteiger partial charge in [0.05, 0.1) is 0 Å². The summed E-state index contributed by atoms with van der Waals surface area (Å²) in [5.41, 5.74) is 0. The smallest absolute Gasteiger partial charge is 0.303 e. The average molecular weight is 240 g/mol. The van der Waals surface area contributed by atoms with E-state index in [0.29, 0.717) is 12.1 Å². The summed E-state index contributed by atoms with van der Waals surface area (Å²) in [7, 11) is 0. The van der Waals surface area contributed by atoms with Gasteiger partial charge in [0.2, 0.25) is 0 Å². The van der Waals surface area contributed by atoms with Crippen molar-refractivity contribution in [2.24, 2.45) is 0 Å². The molecule has 1 heterocycles. The molecule has 2 aliphatic rings. The van der Waals surface area contributed by atoms with Gasteiger partial charge in [-0.25, -0.2) is 0 Å². The van der Waals surface area contributed by atoms with Gasteiger partial charge in [-0.3, -0.25) is 9.69 Å². The molecule has 2 N–H and O–H groups in total. The molecule has 2 fully saturated rings. The van der Waals surface area contributed by atoms with Crippen LogP contribution in [0.2, 0.25) is 0 Å². The minimum atomic E-state index is -0.683. The van der Waals surface area contributed by atoms with Crippen molar-refractivity contribution in [3.05, 3.63) is 0 Å². The van der Waals surface area contributed by atoms with Crippen LogP contribution in [-0.2, 0) is 4.79 Å². The first kappa shape index (κ1) is 12.8. The first-order chi connectivity index (χ1) is 8.15. The summed E-state index contributed by atoms with van der Waals surface area (Å²) in [6, 6.07) is 1.60. The molecule has 2 unspecified atom stereocenters. The summed E-state index contributed by atoms with van der Waals surface area (Å²) in [5.74, 6) is -0.683. The van der Waals surface area contributed by atoms with Crippen molar-refractivity contribution in [2.75, 3.05) is 13.1 Å². The molecule has 4 nitrogen and oxygen atoms in total. The van der Waals surface area contributed by atoms with Gasteiger partial charge in [-0.05, 0) is 26.2 Å². The van der Waals surface area contributed by atoms with Crippen LogP contribution >= 0.6 is 0 Å². The van der Waals surface area contributed by atoms with Gasteiger partial charge in [-0.1, -0.05) is 12.8 Å². The van der Waals surface area contributed by atoms with Crippen LogP contribution < -0.4 is 5.32 Å². The number of hydrogen-bond acceptors (Lipinski definition) is 3. The number of carboxylic acid groups (broad SMARTS) is 1. The molecule has 0 aromatic rings. The third-order valence-electron chi connectivity index (χ3n) is 4.03. The van der Waals surface area contributed by atoms with Crippen LogP contribution in [0.3, 0.4) is 0 Å². The van der Waals surface area contributed by atoms with E-state index < -0.39 is 5.97 Å². The lowest BCUT2D eigenvalue weighted by atomic mass is 10.0. The molecule has 0 aromatic heterocycles. The van der Waals surface area contributed by atoms with Gasteiger partial charge in [0.1, 0.15) is 0 Å². The monoisotopic (exact) mass is 240 g/mol. The lowest BCUT2D eigenvalue weighted by molar-refractivity contribution is -0.137. The van der Waals surface area contributed by atoms with E-state index in [1.165, 1.54) is 25.7 Å². The summed E-state index contributed by atoms with van der Waals surface area (Å²) >= 11 is 0. The number of nitrogens with one attached hydrogen (secondary N) is 1. The fourth-order valence-electron chi connectivity index (χ4n) is 3.26. The molecule has 0 amide bonds. The van der Waals surface area contributed by atoms with Crippen molar-refractivity contribution in [3.63, 3.8) is 0 Å². The highest BCUT2D eigenvalue weighted by atomic mass is 16.4. The Hall–Kier alpha value is -0.610. The van der Waals surface area contributed by atoms with Gasteiger partial charge >= 0.3 is 5.97 Å². The second-order valence-electron chi connectivity index (χ2n) is 5.59. The van der Waals surface area contributed by atoms with Crippen molar-refractivity contribution in [3.8, 4) is 0 Å². The maximum absolute atomic E-state index is 10.6. The van der Waals surface area contributed by atoms with Gasteiger partial charge in [-0.2, -0.15) is 0 Å². The fraction of sp³-hybridized carbons (Fsp3) is 0.923. The van der Waals surface area contributed by atoms with E-state index in [0.717, 1.165) is 25.6 Å². The molecule has 0 bridgehead atoms.